The second-order valence-corrected chi connectivity index (χ2v) is 9.52. The lowest BCUT2D eigenvalue weighted by molar-refractivity contribution is -0.143. The minimum atomic E-state index is -0.399. The Morgan fingerprint density at radius 2 is 2.09 bits per heavy atom. The monoisotopic (exact) mass is 316 g/mol. The third kappa shape index (κ3) is 1.63. The zero-order chi connectivity index (χ0) is 16.1. The number of aliphatic hydroxyl groups excluding tert-OH is 1. The Kier molecular flexibility index (Phi) is 2.66. The normalized spacial score (nSPS) is 59.9. The largest absolute Gasteiger partial charge is 0.457 e. The van der Waals surface area contributed by atoms with Crippen LogP contribution in [0.3, 0.4) is 0 Å². The summed E-state index contributed by atoms with van der Waals surface area (Å²) in [5, 5.41) is 10.8. The molecule has 1 heterocycles. The summed E-state index contributed by atoms with van der Waals surface area (Å²) in [6, 6.07) is 0. The van der Waals surface area contributed by atoms with E-state index in [1.165, 1.54) is 24.8 Å². The van der Waals surface area contributed by atoms with Gasteiger partial charge in [0.15, 0.2) is 0 Å². The van der Waals surface area contributed by atoms with Gasteiger partial charge in [-0.1, -0.05) is 26.8 Å². The maximum Gasteiger partial charge on any atom is 0.309 e. The highest BCUT2D eigenvalue weighted by Crippen LogP contribution is 2.73. The fraction of sp³-hybridized carbons (Fsp3) is 0.850. The molecule has 23 heavy (non-hydrogen) atoms. The molecule has 3 nitrogen and oxygen atoms in total. The van der Waals surface area contributed by atoms with Crippen LogP contribution in [0.4, 0.5) is 0 Å². The highest BCUT2D eigenvalue weighted by molar-refractivity contribution is 5.76. The maximum atomic E-state index is 12.1. The molecule has 9 atom stereocenters. The molecular weight excluding hydrogens is 288 g/mol. The third-order valence-corrected chi connectivity index (χ3v) is 8.66. The lowest BCUT2D eigenvalue weighted by atomic mass is 9.49. The van der Waals surface area contributed by atoms with Gasteiger partial charge in [0.25, 0.3) is 0 Å². The minimum Gasteiger partial charge on any atom is -0.457 e. The molecule has 3 heteroatoms. The van der Waals surface area contributed by atoms with E-state index in [-0.39, 0.29) is 29.3 Å². The molecule has 0 aromatic heterocycles. The Morgan fingerprint density at radius 3 is 2.87 bits per heavy atom. The summed E-state index contributed by atoms with van der Waals surface area (Å²) in [4.78, 5) is 12.1. The molecule has 0 bridgehead atoms. The number of allylic oxidation sites excluding steroid dienone is 1. The first kappa shape index (κ1) is 14.5. The Hall–Kier alpha value is -0.830. The minimum absolute atomic E-state index is 0.0296. The number of fused-ring (bicyclic) bond motifs is 7. The lowest BCUT2D eigenvalue weighted by Crippen LogP contribution is -2.53. The van der Waals surface area contributed by atoms with E-state index in [0.29, 0.717) is 11.3 Å². The van der Waals surface area contributed by atoms with Crippen LogP contribution in [0.1, 0.15) is 52.9 Å². The van der Waals surface area contributed by atoms with Gasteiger partial charge in [-0.05, 0) is 66.3 Å². The van der Waals surface area contributed by atoms with E-state index < -0.39 is 6.10 Å². The van der Waals surface area contributed by atoms with Gasteiger partial charge in [0.1, 0.15) is 6.10 Å². The van der Waals surface area contributed by atoms with Gasteiger partial charge in [-0.2, -0.15) is 0 Å². The number of carbonyl (C=O) groups excluding carboxylic acids is 1. The summed E-state index contributed by atoms with van der Waals surface area (Å²) in [6.45, 7) is 6.86. The van der Waals surface area contributed by atoms with Gasteiger partial charge in [-0.3, -0.25) is 4.79 Å². The van der Waals surface area contributed by atoms with Gasteiger partial charge in [0.2, 0.25) is 0 Å². The molecule has 126 valence electrons. The quantitative estimate of drug-likeness (QED) is 0.551. The molecule has 0 aromatic rings. The summed E-state index contributed by atoms with van der Waals surface area (Å²) >= 11 is 0. The number of hydrogen-bond donors (Lipinski definition) is 1. The number of rotatable bonds is 0. The van der Waals surface area contributed by atoms with Crippen LogP contribution in [0.5, 0.6) is 0 Å². The van der Waals surface area contributed by atoms with Gasteiger partial charge >= 0.3 is 5.97 Å². The van der Waals surface area contributed by atoms with Gasteiger partial charge in [0, 0.05) is 5.92 Å². The average Bonchev–Trinajstić information content (AvgIpc) is 3.09. The van der Waals surface area contributed by atoms with Crippen molar-refractivity contribution in [3.8, 4) is 0 Å². The van der Waals surface area contributed by atoms with Gasteiger partial charge in [0.05, 0.1) is 12.0 Å². The van der Waals surface area contributed by atoms with Crippen molar-refractivity contribution < 1.29 is 14.6 Å². The van der Waals surface area contributed by atoms with E-state index in [1.54, 1.807) is 0 Å². The number of carbonyl (C=O) groups is 1. The first-order chi connectivity index (χ1) is 10.9. The molecule has 4 fully saturated rings. The number of aliphatic hydroxyl groups is 1. The molecule has 1 aliphatic heterocycles. The van der Waals surface area contributed by atoms with Crippen LogP contribution in [0.15, 0.2) is 11.6 Å². The van der Waals surface area contributed by atoms with E-state index in [9.17, 15) is 9.90 Å². The maximum absolute atomic E-state index is 12.1. The summed E-state index contributed by atoms with van der Waals surface area (Å²) in [6.07, 6.45) is 7.81. The van der Waals surface area contributed by atoms with Crippen LogP contribution in [-0.4, -0.2) is 23.3 Å². The highest BCUT2D eigenvalue weighted by Gasteiger charge is 2.67. The summed E-state index contributed by atoms with van der Waals surface area (Å²) in [5.41, 5.74) is 2.14. The average molecular weight is 316 g/mol. The predicted octanol–water partition coefficient (Wildman–Crippen LogP) is 3.32. The van der Waals surface area contributed by atoms with E-state index in [1.807, 2.05) is 6.92 Å². The molecule has 0 spiro atoms. The topological polar surface area (TPSA) is 46.5 Å². The second-order valence-electron chi connectivity index (χ2n) is 9.52. The summed E-state index contributed by atoms with van der Waals surface area (Å²) in [5.74, 6) is 1.75. The van der Waals surface area contributed by atoms with E-state index in [4.69, 9.17) is 4.74 Å². The zero-order valence-corrected chi connectivity index (χ0v) is 14.4. The van der Waals surface area contributed by atoms with Gasteiger partial charge in [-0.25, -0.2) is 0 Å². The molecular formula is C20H28O3. The van der Waals surface area contributed by atoms with Crippen molar-refractivity contribution in [1.82, 2.24) is 0 Å². The van der Waals surface area contributed by atoms with Crippen molar-refractivity contribution in [2.45, 2.75) is 65.1 Å². The number of hydrogen-bond acceptors (Lipinski definition) is 3. The molecule has 1 N–H and O–H groups in total. The third-order valence-electron chi connectivity index (χ3n) is 8.66. The van der Waals surface area contributed by atoms with Crippen molar-refractivity contribution in [1.29, 1.82) is 0 Å². The Morgan fingerprint density at radius 1 is 1.30 bits per heavy atom. The fourth-order valence-electron chi connectivity index (χ4n) is 7.15. The van der Waals surface area contributed by atoms with Crippen LogP contribution in [0, 0.1) is 40.4 Å². The van der Waals surface area contributed by atoms with Gasteiger partial charge in [-0.15, -0.1) is 0 Å². The van der Waals surface area contributed by atoms with Crippen molar-refractivity contribution in [3.63, 3.8) is 0 Å². The van der Waals surface area contributed by atoms with Gasteiger partial charge < -0.3 is 9.84 Å². The second kappa shape index (κ2) is 4.22. The predicted molar refractivity (Wildman–Crippen MR) is 86.4 cm³/mol. The van der Waals surface area contributed by atoms with Crippen LogP contribution in [0.25, 0.3) is 0 Å². The smallest absolute Gasteiger partial charge is 0.309 e. The fourth-order valence-corrected chi connectivity index (χ4v) is 7.15. The van der Waals surface area contributed by atoms with E-state index in [2.05, 4.69) is 19.9 Å². The highest BCUT2D eigenvalue weighted by atomic mass is 16.6. The van der Waals surface area contributed by atoms with Crippen LogP contribution in [-0.2, 0) is 9.53 Å². The van der Waals surface area contributed by atoms with Crippen molar-refractivity contribution in [2.75, 3.05) is 0 Å². The summed E-state index contributed by atoms with van der Waals surface area (Å²) in [7, 11) is 0. The van der Waals surface area contributed by atoms with Crippen LogP contribution in [0.2, 0.25) is 0 Å². The zero-order valence-electron chi connectivity index (χ0n) is 14.4. The summed E-state index contributed by atoms with van der Waals surface area (Å²) < 4.78 is 5.74. The molecule has 0 radical (unpaired) electrons. The Bertz CT molecular complexity index is 610. The SMILES string of the molecule is CC1C(=O)OC2C3=CCC4C5(C)CC5CCC4(C)C3CC(O)C12. The van der Waals surface area contributed by atoms with Crippen molar-refractivity contribution >= 4 is 5.97 Å². The molecule has 9 unspecified atom stereocenters. The Labute approximate surface area is 138 Å². The molecule has 1 saturated heterocycles. The molecule has 0 amide bonds. The van der Waals surface area contributed by atoms with Crippen molar-refractivity contribution in [2.24, 2.45) is 40.4 Å². The first-order valence-corrected chi connectivity index (χ1v) is 9.45. The molecule has 5 rings (SSSR count). The standard InChI is InChI=1S/C20H28O3/c1-10-16-14(21)8-13-12(17(16)23-18(10)22)4-5-15-19(13,2)7-6-11-9-20(11,15)3/h4,10-11,13-17,21H,5-9H2,1-3H3. The molecule has 3 saturated carbocycles. The number of ether oxygens (including phenoxy) is 1. The molecule has 5 aliphatic rings. The molecule has 4 aliphatic carbocycles. The van der Waals surface area contributed by atoms with E-state index in [0.717, 1.165) is 24.7 Å². The lowest BCUT2D eigenvalue weighted by Gasteiger charge is -2.56. The van der Waals surface area contributed by atoms with Crippen LogP contribution < -0.4 is 0 Å². The molecule has 0 aromatic carbocycles. The van der Waals surface area contributed by atoms with Crippen molar-refractivity contribution in [3.05, 3.63) is 11.6 Å². The first-order valence-electron chi connectivity index (χ1n) is 9.45. The van der Waals surface area contributed by atoms with Crippen LogP contribution >= 0.6 is 0 Å². The number of esters is 1. The van der Waals surface area contributed by atoms with E-state index >= 15 is 0 Å². The Balaban J connectivity index is 1.56.